The van der Waals surface area contributed by atoms with E-state index in [0.29, 0.717) is 9.50 Å². The molecule has 16 heavy (non-hydrogen) atoms. The molecule has 1 rings (SSSR count). The first-order valence-electron chi connectivity index (χ1n) is 4.94. The lowest BCUT2D eigenvalue weighted by atomic mass is 10.2. The zero-order valence-electron chi connectivity index (χ0n) is 8.91. The predicted molar refractivity (Wildman–Crippen MR) is 71.8 cm³/mol. The lowest BCUT2D eigenvalue weighted by molar-refractivity contribution is 0.596. The van der Waals surface area contributed by atoms with Crippen LogP contribution >= 0.6 is 31.9 Å². The van der Waals surface area contributed by atoms with Gasteiger partial charge in [-0.2, -0.15) is 0 Å². The van der Waals surface area contributed by atoms with Gasteiger partial charge in [-0.05, 0) is 40.4 Å². The van der Waals surface area contributed by atoms with Gasteiger partial charge >= 0.3 is 0 Å². The highest BCUT2D eigenvalue weighted by Gasteiger charge is 2.16. The zero-order valence-corrected chi connectivity index (χ0v) is 12.9. The van der Waals surface area contributed by atoms with Gasteiger partial charge in [0.15, 0.2) is 9.84 Å². The monoisotopic (exact) mass is 369 g/mol. The lowest BCUT2D eigenvalue weighted by Crippen LogP contribution is -2.06. The molecule has 0 unspecified atom stereocenters. The Morgan fingerprint density at radius 3 is 2.69 bits per heavy atom. The van der Waals surface area contributed by atoms with Gasteiger partial charge < -0.3 is 0 Å². The van der Waals surface area contributed by atoms with Crippen molar-refractivity contribution in [2.24, 2.45) is 0 Å². The Balaban J connectivity index is 3.09. The highest BCUT2D eigenvalue weighted by molar-refractivity contribution is 9.10. The van der Waals surface area contributed by atoms with Crippen molar-refractivity contribution in [2.45, 2.75) is 24.7 Å². The molecular formula is C10H13Br2NO2S. The number of alkyl halides is 1. The average Bonchev–Trinajstić information content (AvgIpc) is 2.27. The topological polar surface area (TPSA) is 47.0 Å². The fourth-order valence-corrected chi connectivity index (χ4v) is 3.44. The SMILES string of the molecule is CCS(=O)(=O)c1cc(CCCBr)cnc1Br. The van der Waals surface area contributed by atoms with Crippen LogP contribution in [0.25, 0.3) is 0 Å². The smallest absolute Gasteiger partial charge is 0.180 e. The molecule has 6 heteroatoms. The second-order valence-corrected chi connectivity index (χ2v) is 7.12. The summed E-state index contributed by atoms with van der Waals surface area (Å²) in [5.74, 6) is 0.0924. The van der Waals surface area contributed by atoms with Crippen molar-refractivity contribution in [3.8, 4) is 0 Å². The Morgan fingerprint density at radius 2 is 2.12 bits per heavy atom. The summed E-state index contributed by atoms with van der Waals surface area (Å²) >= 11 is 6.52. The van der Waals surface area contributed by atoms with Gasteiger partial charge in [-0.25, -0.2) is 13.4 Å². The highest BCUT2D eigenvalue weighted by Crippen LogP contribution is 2.22. The summed E-state index contributed by atoms with van der Waals surface area (Å²) in [4.78, 5) is 4.36. The third-order valence-corrected chi connectivity index (χ3v) is 5.37. The standard InChI is InChI=1S/C10H13Br2NO2S/c1-2-16(14,15)9-6-8(4-3-5-11)7-13-10(9)12/h6-7H,2-5H2,1H3. The van der Waals surface area contributed by atoms with Gasteiger partial charge in [0.2, 0.25) is 0 Å². The van der Waals surface area contributed by atoms with Crippen LogP contribution in [0.2, 0.25) is 0 Å². The molecular weight excluding hydrogens is 358 g/mol. The van der Waals surface area contributed by atoms with Crippen molar-refractivity contribution < 1.29 is 8.42 Å². The van der Waals surface area contributed by atoms with Crippen LogP contribution < -0.4 is 0 Å². The summed E-state index contributed by atoms with van der Waals surface area (Å²) in [5.41, 5.74) is 0.953. The molecule has 0 spiro atoms. The molecule has 0 aliphatic heterocycles. The molecule has 0 amide bonds. The Kier molecular flexibility index (Phi) is 5.40. The first-order chi connectivity index (χ1) is 7.51. The molecule has 0 saturated carbocycles. The van der Waals surface area contributed by atoms with Gasteiger partial charge in [-0.3, -0.25) is 0 Å². The van der Waals surface area contributed by atoms with E-state index in [1.54, 1.807) is 19.2 Å². The van der Waals surface area contributed by atoms with E-state index in [-0.39, 0.29) is 5.75 Å². The number of pyridine rings is 1. The summed E-state index contributed by atoms with van der Waals surface area (Å²) < 4.78 is 23.9. The number of aryl methyl sites for hydroxylation is 1. The van der Waals surface area contributed by atoms with Gasteiger partial charge in [-0.1, -0.05) is 22.9 Å². The van der Waals surface area contributed by atoms with Crippen LogP contribution in [-0.4, -0.2) is 24.5 Å². The van der Waals surface area contributed by atoms with Crippen molar-refractivity contribution in [1.29, 1.82) is 0 Å². The largest absolute Gasteiger partial charge is 0.248 e. The van der Waals surface area contributed by atoms with Gasteiger partial charge in [0.05, 0.1) is 10.6 Å². The van der Waals surface area contributed by atoms with E-state index < -0.39 is 9.84 Å². The molecule has 0 fully saturated rings. The van der Waals surface area contributed by atoms with Crippen LogP contribution in [0.3, 0.4) is 0 Å². The molecule has 1 aromatic rings. The average molecular weight is 371 g/mol. The predicted octanol–water partition coefficient (Wildman–Crippen LogP) is 2.97. The summed E-state index contributed by atoms with van der Waals surface area (Å²) in [6.45, 7) is 1.63. The van der Waals surface area contributed by atoms with Crippen molar-refractivity contribution in [1.82, 2.24) is 4.98 Å². The number of halogens is 2. The number of hydrogen-bond donors (Lipinski definition) is 0. The zero-order chi connectivity index (χ0) is 12.2. The van der Waals surface area contributed by atoms with Gasteiger partial charge in [-0.15, -0.1) is 0 Å². The minimum absolute atomic E-state index is 0.0924. The van der Waals surface area contributed by atoms with Crippen LogP contribution in [0, 0.1) is 0 Å². The fraction of sp³-hybridized carbons (Fsp3) is 0.500. The van der Waals surface area contributed by atoms with Gasteiger partial charge in [0.1, 0.15) is 4.60 Å². The summed E-state index contributed by atoms with van der Waals surface area (Å²) in [7, 11) is -3.20. The first kappa shape index (κ1) is 14.1. The molecule has 0 bridgehead atoms. The Bertz CT molecular complexity index is 460. The van der Waals surface area contributed by atoms with Crippen LogP contribution in [0.15, 0.2) is 21.8 Å². The first-order valence-corrected chi connectivity index (χ1v) is 8.51. The third-order valence-electron chi connectivity index (χ3n) is 2.18. The van der Waals surface area contributed by atoms with Gasteiger partial charge in [0.25, 0.3) is 0 Å². The maximum absolute atomic E-state index is 11.8. The van der Waals surface area contributed by atoms with Crippen molar-refractivity contribution in [3.63, 3.8) is 0 Å². The Hall–Kier alpha value is 0.0600. The summed E-state index contributed by atoms with van der Waals surface area (Å²) in [5, 5.41) is 0.902. The van der Waals surface area contributed by atoms with Crippen LogP contribution in [0.1, 0.15) is 18.9 Å². The van der Waals surface area contributed by atoms with Crippen molar-refractivity contribution in [2.75, 3.05) is 11.1 Å². The third kappa shape index (κ3) is 3.53. The number of sulfone groups is 1. The highest BCUT2D eigenvalue weighted by atomic mass is 79.9. The number of rotatable bonds is 5. The second kappa shape index (κ2) is 6.12. The van der Waals surface area contributed by atoms with E-state index in [1.165, 1.54) is 0 Å². The minimum atomic E-state index is -3.20. The van der Waals surface area contributed by atoms with E-state index in [2.05, 4.69) is 36.8 Å². The van der Waals surface area contributed by atoms with Gasteiger partial charge in [0, 0.05) is 11.5 Å². The lowest BCUT2D eigenvalue weighted by Gasteiger charge is -2.06. The number of aromatic nitrogens is 1. The quantitative estimate of drug-likeness (QED) is 0.591. The van der Waals surface area contributed by atoms with Crippen molar-refractivity contribution >= 4 is 41.7 Å². The van der Waals surface area contributed by atoms with E-state index in [1.807, 2.05) is 0 Å². The molecule has 0 aromatic carbocycles. The molecule has 90 valence electrons. The molecule has 0 saturated heterocycles. The fourth-order valence-electron chi connectivity index (χ4n) is 1.25. The van der Waals surface area contributed by atoms with E-state index in [0.717, 1.165) is 23.7 Å². The molecule has 3 nitrogen and oxygen atoms in total. The maximum Gasteiger partial charge on any atom is 0.180 e. The Labute approximate surface area is 113 Å². The van der Waals surface area contributed by atoms with E-state index >= 15 is 0 Å². The molecule has 1 heterocycles. The molecule has 1 aromatic heterocycles. The van der Waals surface area contributed by atoms with Crippen LogP contribution in [0.5, 0.6) is 0 Å². The molecule has 0 radical (unpaired) electrons. The summed E-state index contributed by atoms with van der Waals surface area (Å²) in [6.07, 6.45) is 3.51. The van der Waals surface area contributed by atoms with E-state index in [9.17, 15) is 8.42 Å². The van der Waals surface area contributed by atoms with Crippen molar-refractivity contribution in [3.05, 3.63) is 22.4 Å². The molecule has 0 aliphatic rings. The normalized spacial score (nSPS) is 11.7. The number of nitrogens with zero attached hydrogens (tertiary/aromatic N) is 1. The van der Waals surface area contributed by atoms with E-state index in [4.69, 9.17) is 0 Å². The molecule has 0 N–H and O–H groups in total. The van der Waals surface area contributed by atoms with Crippen LogP contribution in [0.4, 0.5) is 0 Å². The minimum Gasteiger partial charge on any atom is -0.248 e. The number of hydrogen-bond acceptors (Lipinski definition) is 3. The maximum atomic E-state index is 11.8. The summed E-state index contributed by atoms with van der Waals surface area (Å²) in [6, 6.07) is 1.71. The molecule has 0 aliphatic carbocycles. The van der Waals surface area contributed by atoms with Crippen LogP contribution in [-0.2, 0) is 16.3 Å². The second-order valence-electron chi connectivity index (χ2n) is 3.33. The molecule has 0 atom stereocenters. The Morgan fingerprint density at radius 1 is 1.44 bits per heavy atom.